The molecule has 0 fully saturated rings. The van der Waals surface area contributed by atoms with Crippen LogP contribution in [0.2, 0.25) is 0 Å². The molecule has 0 spiro atoms. The summed E-state index contributed by atoms with van der Waals surface area (Å²) < 4.78 is 0. The van der Waals surface area contributed by atoms with Gasteiger partial charge in [0.2, 0.25) is 0 Å². The molecule has 0 bridgehead atoms. The van der Waals surface area contributed by atoms with Gasteiger partial charge in [-0.3, -0.25) is 9.59 Å². The van der Waals surface area contributed by atoms with E-state index in [1.54, 1.807) is 24.3 Å². The molecule has 2 N–H and O–H groups in total. The third-order valence-corrected chi connectivity index (χ3v) is 3.04. The number of carbonyl (C=O) groups is 2. The number of aliphatic hydroxyl groups excluding tert-OH is 1. The zero-order chi connectivity index (χ0) is 16.6. The number of aliphatic carboxylic acids is 1. The van der Waals surface area contributed by atoms with E-state index in [1.807, 2.05) is 6.08 Å². The first-order valence-electron chi connectivity index (χ1n) is 7.96. The summed E-state index contributed by atoms with van der Waals surface area (Å²) in [7, 11) is 0. The fourth-order valence-electron chi connectivity index (χ4n) is 1.81. The Morgan fingerprint density at radius 1 is 1.05 bits per heavy atom. The summed E-state index contributed by atoms with van der Waals surface area (Å²) in [5.41, 5.74) is 0. The van der Waals surface area contributed by atoms with Crippen LogP contribution in [0.15, 0.2) is 36.5 Å². The van der Waals surface area contributed by atoms with Crippen molar-refractivity contribution in [1.82, 2.24) is 0 Å². The van der Waals surface area contributed by atoms with Gasteiger partial charge in [0.25, 0.3) is 0 Å². The molecule has 0 heterocycles. The summed E-state index contributed by atoms with van der Waals surface area (Å²) in [6, 6.07) is 0. The largest absolute Gasteiger partial charge is 0.481 e. The highest BCUT2D eigenvalue weighted by atomic mass is 16.4. The summed E-state index contributed by atoms with van der Waals surface area (Å²) in [6.45, 7) is 2.17. The number of ketones is 1. The van der Waals surface area contributed by atoms with Gasteiger partial charge >= 0.3 is 5.97 Å². The van der Waals surface area contributed by atoms with E-state index in [9.17, 15) is 14.7 Å². The summed E-state index contributed by atoms with van der Waals surface area (Å²) >= 11 is 0. The molecule has 0 amide bonds. The lowest BCUT2D eigenvalue weighted by Crippen LogP contribution is -2.05. The Morgan fingerprint density at radius 2 is 1.82 bits per heavy atom. The van der Waals surface area contributed by atoms with Crippen LogP contribution in [-0.4, -0.2) is 28.1 Å². The average molecular weight is 308 g/mol. The maximum absolute atomic E-state index is 11.1. The molecule has 22 heavy (non-hydrogen) atoms. The Morgan fingerprint density at radius 3 is 2.50 bits per heavy atom. The molecule has 4 heteroatoms. The van der Waals surface area contributed by atoms with E-state index in [0.29, 0.717) is 12.8 Å². The fourth-order valence-corrected chi connectivity index (χ4v) is 1.81. The number of rotatable bonds is 13. The molecule has 0 aliphatic carbocycles. The number of carbonyl (C=O) groups excluding carboxylic acids is 1. The van der Waals surface area contributed by atoms with E-state index in [1.165, 1.54) is 19.3 Å². The first-order valence-corrected chi connectivity index (χ1v) is 7.96. The van der Waals surface area contributed by atoms with E-state index >= 15 is 0 Å². The van der Waals surface area contributed by atoms with E-state index in [2.05, 4.69) is 13.0 Å². The molecule has 0 aliphatic heterocycles. The maximum atomic E-state index is 11.1. The highest BCUT2D eigenvalue weighted by molar-refractivity contribution is 5.94. The lowest BCUT2D eigenvalue weighted by atomic mass is 10.1. The monoisotopic (exact) mass is 308 g/mol. The molecular formula is C18H28O4. The van der Waals surface area contributed by atoms with Crippen molar-refractivity contribution in [1.29, 1.82) is 0 Å². The quantitative estimate of drug-likeness (QED) is 0.235. The predicted molar refractivity (Wildman–Crippen MR) is 88.7 cm³/mol. The average Bonchev–Trinajstić information content (AvgIpc) is 2.45. The van der Waals surface area contributed by atoms with Crippen molar-refractivity contribution in [3.05, 3.63) is 36.5 Å². The molecule has 124 valence electrons. The van der Waals surface area contributed by atoms with Crippen molar-refractivity contribution in [3.8, 4) is 0 Å². The summed E-state index contributed by atoms with van der Waals surface area (Å²) in [5, 5.41) is 18.1. The number of allylic oxidation sites excluding steroid dienone is 4. The smallest absolute Gasteiger partial charge is 0.310 e. The van der Waals surface area contributed by atoms with E-state index in [0.717, 1.165) is 6.42 Å². The fraction of sp³-hybridized carbons (Fsp3) is 0.556. The predicted octanol–water partition coefficient (Wildman–Crippen LogP) is 3.81. The third kappa shape index (κ3) is 14.7. The van der Waals surface area contributed by atoms with Crippen LogP contribution in [0.3, 0.4) is 0 Å². The Hall–Kier alpha value is -1.68. The van der Waals surface area contributed by atoms with Crippen molar-refractivity contribution in [2.45, 2.75) is 64.4 Å². The molecule has 0 aromatic carbocycles. The molecule has 0 saturated carbocycles. The number of carboxylic acid groups (broad SMARTS) is 1. The van der Waals surface area contributed by atoms with Crippen LogP contribution in [0.5, 0.6) is 0 Å². The van der Waals surface area contributed by atoms with Crippen LogP contribution in [-0.2, 0) is 9.59 Å². The van der Waals surface area contributed by atoms with E-state index in [4.69, 9.17) is 5.11 Å². The van der Waals surface area contributed by atoms with Gasteiger partial charge < -0.3 is 10.2 Å². The van der Waals surface area contributed by atoms with Crippen molar-refractivity contribution in [3.63, 3.8) is 0 Å². The van der Waals surface area contributed by atoms with E-state index < -0.39 is 18.5 Å². The number of aliphatic hydroxyl groups is 1. The van der Waals surface area contributed by atoms with Crippen molar-refractivity contribution in [2.24, 2.45) is 0 Å². The second-order valence-electron chi connectivity index (χ2n) is 5.23. The Balaban J connectivity index is 3.71. The normalized spacial score (nSPS) is 13.4. The Labute approximate surface area is 133 Å². The summed E-state index contributed by atoms with van der Waals surface area (Å²) in [6.07, 6.45) is 16.3. The zero-order valence-corrected chi connectivity index (χ0v) is 13.4. The van der Waals surface area contributed by atoms with Crippen LogP contribution in [0, 0.1) is 0 Å². The lowest BCUT2D eigenvalue weighted by molar-refractivity contribution is -0.140. The number of hydrogen-bond acceptors (Lipinski definition) is 3. The van der Waals surface area contributed by atoms with Gasteiger partial charge in [-0.05, 0) is 25.7 Å². The van der Waals surface area contributed by atoms with Crippen molar-refractivity contribution in [2.75, 3.05) is 0 Å². The molecule has 0 unspecified atom stereocenters. The van der Waals surface area contributed by atoms with Gasteiger partial charge in [-0.25, -0.2) is 0 Å². The molecule has 1 atom stereocenters. The molecule has 0 radical (unpaired) electrons. The minimum atomic E-state index is -1.08. The number of Topliss-reactive ketones (excluding diaryl/α,β-unsaturated/α-hetero) is 1. The van der Waals surface area contributed by atoms with Crippen LogP contribution >= 0.6 is 0 Å². The summed E-state index contributed by atoms with van der Waals surface area (Å²) in [5.74, 6) is -1.35. The first kappa shape index (κ1) is 20.3. The number of hydrogen-bond donors (Lipinski definition) is 2. The number of carboxylic acids is 1. The van der Waals surface area contributed by atoms with Gasteiger partial charge in [-0.2, -0.15) is 0 Å². The SMILES string of the molecule is CCCCC/C=C\C[C@@H](O)/C=C/C=C/CCC(=O)CC(=O)O. The second-order valence-corrected chi connectivity index (χ2v) is 5.23. The Kier molecular flexibility index (Phi) is 13.2. The van der Waals surface area contributed by atoms with Gasteiger partial charge in [0.1, 0.15) is 12.2 Å². The second kappa shape index (κ2) is 14.3. The molecule has 0 saturated heterocycles. The molecule has 0 aliphatic rings. The van der Waals surface area contributed by atoms with Crippen LogP contribution in [0.25, 0.3) is 0 Å². The summed E-state index contributed by atoms with van der Waals surface area (Å²) in [4.78, 5) is 21.4. The van der Waals surface area contributed by atoms with Gasteiger partial charge in [-0.15, -0.1) is 0 Å². The van der Waals surface area contributed by atoms with Crippen LogP contribution in [0.4, 0.5) is 0 Å². The molecule has 0 rings (SSSR count). The molecule has 0 aromatic heterocycles. The van der Waals surface area contributed by atoms with Gasteiger partial charge in [0.15, 0.2) is 0 Å². The minimum absolute atomic E-state index is 0.236. The highest BCUT2D eigenvalue weighted by Gasteiger charge is 2.05. The third-order valence-electron chi connectivity index (χ3n) is 3.04. The lowest BCUT2D eigenvalue weighted by Gasteiger charge is -1.99. The highest BCUT2D eigenvalue weighted by Crippen LogP contribution is 2.02. The first-order chi connectivity index (χ1) is 10.6. The van der Waals surface area contributed by atoms with Gasteiger partial charge in [0.05, 0.1) is 6.10 Å². The Bertz CT molecular complexity index is 394. The van der Waals surface area contributed by atoms with E-state index in [-0.39, 0.29) is 12.2 Å². The van der Waals surface area contributed by atoms with Gasteiger partial charge in [-0.1, -0.05) is 56.2 Å². The van der Waals surface area contributed by atoms with Crippen LogP contribution in [0.1, 0.15) is 58.3 Å². The molecule has 0 aromatic rings. The topological polar surface area (TPSA) is 74.6 Å². The minimum Gasteiger partial charge on any atom is -0.481 e. The van der Waals surface area contributed by atoms with Crippen LogP contribution < -0.4 is 0 Å². The molecular weight excluding hydrogens is 280 g/mol. The molecule has 4 nitrogen and oxygen atoms in total. The van der Waals surface area contributed by atoms with Gasteiger partial charge in [0, 0.05) is 6.42 Å². The van der Waals surface area contributed by atoms with Crippen molar-refractivity contribution < 1.29 is 19.8 Å². The zero-order valence-electron chi connectivity index (χ0n) is 13.4. The number of unbranched alkanes of at least 4 members (excludes halogenated alkanes) is 3. The van der Waals surface area contributed by atoms with Crippen molar-refractivity contribution >= 4 is 11.8 Å². The standard InChI is InChI=1S/C18H28O4/c1-2-3-4-5-6-9-12-16(19)13-10-7-8-11-14-17(20)15-18(21)22/h6-10,13,16,19H,2-5,11-12,14-15H2,1H3,(H,21,22)/b8-7+,9-6-,13-10+/t16-/m1/s1. The maximum Gasteiger partial charge on any atom is 0.310 e.